The summed E-state index contributed by atoms with van der Waals surface area (Å²) in [5, 5.41) is 11.0. The minimum Gasteiger partial charge on any atom is -0.306 e. The van der Waals surface area contributed by atoms with Crippen molar-refractivity contribution in [2.24, 2.45) is 5.10 Å². The van der Waals surface area contributed by atoms with Gasteiger partial charge in [-0.05, 0) is 48.5 Å². The Hall–Kier alpha value is -3.39. The van der Waals surface area contributed by atoms with Crippen LogP contribution in [0, 0.1) is 5.82 Å². The van der Waals surface area contributed by atoms with Gasteiger partial charge in [-0.15, -0.1) is 0 Å². The van der Waals surface area contributed by atoms with Crippen LogP contribution in [0.3, 0.4) is 0 Å². The number of nitrogens with one attached hydrogen (secondary N) is 2. The highest BCUT2D eigenvalue weighted by atomic mass is 35.5. The number of rotatable bonds is 5. The van der Waals surface area contributed by atoms with Crippen molar-refractivity contribution >= 4 is 58.7 Å². The molecule has 3 aromatic carbocycles. The number of nitrogens with zero attached hydrogens (tertiary/aromatic N) is 3. The van der Waals surface area contributed by atoms with Crippen molar-refractivity contribution in [2.45, 2.75) is 0 Å². The number of carbonyl (C=O) groups is 1. The van der Waals surface area contributed by atoms with E-state index in [0.29, 0.717) is 37.6 Å². The number of amides is 2. The van der Waals surface area contributed by atoms with E-state index in [1.807, 2.05) is 0 Å². The summed E-state index contributed by atoms with van der Waals surface area (Å²) in [6.45, 7) is 0. The van der Waals surface area contributed by atoms with Gasteiger partial charge in [0.1, 0.15) is 5.82 Å². The summed E-state index contributed by atoms with van der Waals surface area (Å²) in [5.41, 5.74) is 2.17. The average Bonchev–Trinajstić information content (AvgIpc) is 3.17. The van der Waals surface area contributed by atoms with E-state index < -0.39 is 6.03 Å². The molecule has 0 saturated heterocycles. The molecule has 4 aromatic rings. The number of halogens is 4. The third-order valence-electron chi connectivity index (χ3n) is 4.46. The predicted octanol–water partition coefficient (Wildman–Crippen LogP) is 7.18. The first kappa shape index (κ1) is 22.8. The maximum atomic E-state index is 13.3. The maximum Gasteiger partial charge on any atom is 0.326 e. The van der Waals surface area contributed by atoms with Gasteiger partial charge in [-0.25, -0.2) is 18.8 Å². The molecule has 0 bridgehead atoms. The summed E-state index contributed by atoms with van der Waals surface area (Å²) >= 11 is 18.3. The zero-order valence-corrected chi connectivity index (χ0v) is 19.0. The fourth-order valence-electron chi connectivity index (χ4n) is 2.85. The smallest absolute Gasteiger partial charge is 0.306 e. The van der Waals surface area contributed by atoms with Crippen molar-refractivity contribution in [1.82, 2.24) is 9.66 Å². The summed E-state index contributed by atoms with van der Waals surface area (Å²) in [6, 6.07) is 17.0. The van der Waals surface area contributed by atoms with E-state index >= 15 is 0 Å². The lowest BCUT2D eigenvalue weighted by atomic mass is 10.2. The summed E-state index contributed by atoms with van der Waals surface area (Å²) in [7, 11) is 0. The molecule has 0 aliphatic carbocycles. The van der Waals surface area contributed by atoms with Crippen molar-refractivity contribution in [1.29, 1.82) is 0 Å². The normalized spacial score (nSPS) is 11.0. The number of hydrogen-bond donors (Lipinski definition) is 2. The molecule has 4 rings (SSSR count). The van der Waals surface area contributed by atoms with Gasteiger partial charge in [-0.1, -0.05) is 53.0 Å². The highest BCUT2D eigenvalue weighted by Crippen LogP contribution is 2.24. The lowest BCUT2D eigenvalue weighted by Crippen LogP contribution is -2.21. The molecule has 0 saturated carbocycles. The van der Waals surface area contributed by atoms with E-state index in [-0.39, 0.29) is 11.8 Å². The maximum absolute atomic E-state index is 13.3. The van der Waals surface area contributed by atoms with Crippen LogP contribution in [0.2, 0.25) is 15.1 Å². The second-order valence-electron chi connectivity index (χ2n) is 6.77. The molecule has 1 aromatic heterocycles. The lowest BCUT2D eigenvalue weighted by Gasteiger charge is -2.08. The molecule has 0 unspecified atom stereocenters. The number of imidazole rings is 1. The molecule has 0 fully saturated rings. The second-order valence-corrected chi connectivity index (χ2v) is 8.02. The zero-order chi connectivity index (χ0) is 23.4. The fourth-order valence-corrected chi connectivity index (χ4v) is 3.49. The first-order valence-electron chi connectivity index (χ1n) is 9.56. The Labute approximate surface area is 203 Å². The summed E-state index contributed by atoms with van der Waals surface area (Å²) in [4.78, 5) is 17.0. The van der Waals surface area contributed by atoms with Gasteiger partial charge in [0.2, 0.25) is 5.95 Å². The Kier molecular flexibility index (Phi) is 6.93. The molecule has 1 heterocycles. The summed E-state index contributed by atoms with van der Waals surface area (Å²) in [6.07, 6.45) is 3.10. The van der Waals surface area contributed by atoms with Crippen LogP contribution in [0.5, 0.6) is 0 Å². The first-order chi connectivity index (χ1) is 15.9. The van der Waals surface area contributed by atoms with Gasteiger partial charge < -0.3 is 5.32 Å². The van der Waals surface area contributed by atoms with Crippen molar-refractivity contribution in [3.63, 3.8) is 0 Å². The monoisotopic (exact) mass is 501 g/mol. The van der Waals surface area contributed by atoms with E-state index in [1.54, 1.807) is 60.8 Å². The highest BCUT2D eigenvalue weighted by Gasteiger charge is 2.14. The number of anilines is 2. The van der Waals surface area contributed by atoms with Crippen molar-refractivity contribution < 1.29 is 9.18 Å². The lowest BCUT2D eigenvalue weighted by molar-refractivity contribution is 0.262. The molecular weight excluding hydrogens is 488 g/mol. The Morgan fingerprint density at radius 1 is 0.970 bits per heavy atom. The van der Waals surface area contributed by atoms with E-state index in [9.17, 15) is 9.18 Å². The number of para-hydroxylation sites is 1. The van der Waals surface area contributed by atoms with Crippen LogP contribution in [-0.2, 0) is 0 Å². The number of aromatic nitrogens is 2. The molecule has 10 heteroatoms. The quantitative estimate of drug-likeness (QED) is 0.284. The van der Waals surface area contributed by atoms with Crippen molar-refractivity contribution in [2.75, 3.05) is 10.6 Å². The van der Waals surface area contributed by atoms with E-state index in [1.165, 1.54) is 23.0 Å². The predicted molar refractivity (Wildman–Crippen MR) is 131 cm³/mol. The fraction of sp³-hybridized carbons (Fsp3) is 0. The Morgan fingerprint density at radius 2 is 1.73 bits per heavy atom. The molecule has 0 spiro atoms. The van der Waals surface area contributed by atoms with Gasteiger partial charge >= 0.3 is 6.03 Å². The molecule has 0 aliphatic rings. The number of hydrogen-bond acceptors (Lipinski definition) is 3. The van der Waals surface area contributed by atoms with Crippen LogP contribution in [0.15, 0.2) is 78.0 Å². The third-order valence-corrected chi connectivity index (χ3v) is 5.35. The summed E-state index contributed by atoms with van der Waals surface area (Å²) in [5.74, 6) is -0.244. The molecule has 166 valence electrons. The topological polar surface area (TPSA) is 71.3 Å². The van der Waals surface area contributed by atoms with Gasteiger partial charge in [0.25, 0.3) is 0 Å². The van der Waals surface area contributed by atoms with E-state index in [4.69, 9.17) is 34.8 Å². The van der Waals surface area contributed by atoms with Crippen LogP contribution >= 0.6 is 34.8 Å². The molecule has 0 aliphatic heterocycles. The average molecular weight is 503 g/mol. The molecule has 0 radical (unpaired) electrons. The standard InChI is InChI=1S/C23H15Cl3FN5O/c24-16-8-5-15(19(26)11-16)12-28-32-13-21(14-6-9-17(27)10-7-14)29-22(32)31-23(33)30-20-4-2-1-3-18(20)25/h1-13H,(H2,29,30,31,33)/b28-12+. The largest absolute Gasteiger partial charge is 0.326 e. The Balaban J connectivity index is 1.64. The minimum atomic E-state index is -0.569. The number of carbonyl (C=O) groups excluding carboxylic acids is 1. The second kappa shape index (κ2) is 10.0. The van der Waals surface area contributed by atoms with Gasteiger partial charge in [0.05, 0.1) is 33.8 Å². The van der Waals surface area contributed by atoms with Crippen LogP contribution < -0.4 is 10.6 Å². The van der Waals surface area contributed by atoms with Crippen LogP contribution in [0.4, 0.5) is 20.8 Å². The van der Waals surface area contributed by atoms with Crippen molar-refractivity contribution in [3.05, 3.63) is 99.4 Å². The SMILES string of the molecule is O=C(Nc1ccccc1Cl)Nc1nc(-c2ccc(F)cc2)cn1/N=C/c1ccc(Cl)cc1Cl. The third kappa shape index (κ3) is 5.70. The Morgan fingerprint density at radius 3 is 2.45 bits per heavy atom. The van der Waals surface area contributed by atoms with Crippen molar-refractivity contribution in [3.8, 4) is 11.3 Å². The highest BCUT2D eigenvalue weighted by molar-refractivity contribution is 6.36. The van der Waals surface area contributed by atoms with Crippen LogP contribution in [-0.4, -0.2) is 21.9 Å². The molecule has 6 nitrogen and oxygen atoms in total. The molecule has 0 atom stereocenters. The summed E-state index contributed by atoms with van der Waals surface area (Å²) < 4.78 is 14.7. The number of urea groups is 1. The Bertz CT molecular complexity index is 1340. The number of benzene rings is 3. The van der Waals surface area contributed by atoms with Crippen LogP contribution in [0.25, 0.3) is 11.3 Å². The van der Waals surface area contributed by atoms with E-state index in [2.05, 4.69) is 20.7 Å². The molecular formula is C23H15Cl3FN5O. The molecule has 2 amide bonds. The van der Waals surface area contributed by atoms with Gasteiger partial charge in [-0.2, -0.15) is 5.10 Å². The van der Waals surface area contributed by atoms with E-state index in [0.717, 1.165) is 0 Å². The van der Waals surface area contributed by atoms with Gasteiger partial charge in [0, 0.05) is 16.1 Å². The zero-order valence-electron chi connectivity index (χ0n) is 16.8. The molecule has 33 heavy (non-hydrogen) atoms. The first-order valence-corrected chi connectivity index (χ1v) is 10.7. The molecule has 2 N–H and O–H groups in total. The van der Waals surface area contributed by atoms with Gasteiger partial charge in [-0.3, -0.25) is 5.32 Å². The minimum absolute atomic E-state index is 0.125. The van der Waals surface area contributed by atoms with Gasteiger partial charge in [0.15, 0.2) is 0 Å². The van der Waals surface area contributed by atoms with Crippen LogP contribution in [0.1, 0.15) is 5.56 Å².